The van der Waals surface area contributed by atoms with Gasteiger partial charge in [0.1, 0.15) is 6.54 Å². The minimum Gasteiger partial charge on any atom is -0.395 e. The maximum atomic E-state index is 12.4. The summed E-state index contributed by atoms with van der Waals surface area (Å²) in [6, 6.07) is 7.30. The molecule has 0 aliphatic heterocycles. The molecule has 152 valence electrons. The highest BCUT2D eigenvalue weighted by Gasteiger charge is 2.13. The second-order valence-electron chi connectivity index (χ2n) is 6.30. The predicted molar refractivity (Wildman–Crippen MR) is 112 cm³/mol. The van der Waals surface area contributed by atoms with E-state index in [-0.39, 0.29) is 30.8 Å². The second-order valence-corrected chi connectivity index (χ2v) is 7.30. The molecule has 0 aliphatic rings. The highest BCUT2D eigenvalue weighted by Crippen LogP contribution is 2.23. The second kappa shape index (κ2) is 9.25. The smallest absolute Gasteiger partial charge is 0.331 e. The molecule has 1 aromatic carbocycles. The first kappa shape index (κ1) is 21.1. The van der Waals surface area contributed by atoms with Crippen molar-refractivity contribution in [3.05, 3.63) is 85.2 Å². The summed E-state index contributed by atoms with van der Waals surface area (Å²) in [5.41, 5.74) is 0.327. The summed E-state index contributed by atoms with van der Waals surface area (Å²) in [4.78, 5) is 28.9. The first-order valence-corrected chi connectivity index (χ1v) is 9.64. The van der Waals surface area contributed by atoms with Crippen molar-refractivity contribution in [3.63, 3.8) is 0 Å². The largest absolute Gasteiger partial charge is 0.395 e. The van der Waals surface area contributed by atoms with Crippen LogP contribution in [-0.2, 0) is 13.1 Å². The van der Waals surface area contributed by atoms with Crippen molar-refractivity contribution in [1.82, 2.24) is 19.3 Å². The van der Waals surface area contributed by atoms with Gasteiger partial charge in [-0.05, 0) is 30.7 Å². The standard InChI is InChI=1S/C19H19ClN4O4S/c1-12-10-23(8-9-25)19(27)24(18(12)26)11-17-21-16(22-28-17)7-6-15(29)13-2-4-14(20)5-3-13/h2-7,10,15,25,29H,8-9,11H2,1H3/b7-6+. The highest BCUT2D eigenvalue weighted by atomic mass is 35.5. The molecule has 0 spiro atoms. The Morgan fingerprint density at radius 1 is 1.31 bits per heavy atom. The molecule has 8 nitrogen and oxygen atoms in total. The Hall–Kier alpha value is -2.62. The SMILES string of the molecule is Cc1cn(CCO)c(=O)n(Cc2nc(/C=C/C(S)c3ccc(Cl)cc3)no2)c1=O. The Morgan fingerprint density at radius 2 is 2.03 bits per heavy atom. The molecule has 0 bridgehead atoms. The lowest BCUT2D eigenvalue weighted by Crippen LogP contribution is -2.41. The zero-order valence-electron chi connectivity index (χ0n) is 15.5. The molecule has 1 unspecified atom stereocenters. The van der Waals surface area contributed by atoms with Crippen LogP contribution in [0.25, 0.3) is 6.08 Å². The number of thiol groups is 1. The van der Waals surface area contributed by atoms with Crippen molar-refractivity contribution in [2.24, 2.45) is 0 Å². The van der Waals surface area contributed by atoms with Crippen LogP contribution in [0.15, 0.2) is 50.7 Å². The summed E-state index contributed by atoms with van der Waals surface area (Å²) in [5.74, 6) is 0.414. The van der Waals surface area contributed by atoms with Crippen LogP contribution in [0.4, 0.5) is 0 Å². The maximum absolute atomic E-state index is 12.4. The van der Waals surface area contributed by atoms with Gasteiger partial charge in [0.15, 0.2) is 5.82 Å². The average molecular weight is 435 g/mol. The van der Waals surface area contributed by atoms with Crippen molar-refractivity contribution in [2.75, 3.05) is 6.61 Å². The van der Waals surface area contributed by atoms with Crippen molar-refractivity contribution in [2.45, 2.75) is 25.3 Å². The molecule has 0 amide bonds. The van der Waals surface area contributed by atoms with Gasteiger partial charge >= 0.3 is 5.69 Å². The minimum absolute atomic E-state index is 0.0891. The van der Waals surface area contributed by atoms with Crippen molar-refractivity contribution in [3.8, 4) is 0 Å². The number of aromatic nitrogens is 4. The van der Waals surface area contributed by atoms with Crippen LogP contribution in [0.5, 0.6) is 0 Å². The molecule has 29 heavy (non-hydrogen) atoms. The number of aliphatic hydroxyl groups is 1. The Balaban J connectivity index is 1.78. The van der Waals surface area contributed by atoms with Crippen molar-refractivity contribution < 1.29 is 9.63 Å². The zero-order valence-corrected chi connectivity index (χ0v) is 17.2. The van der Waals surface area contributed by atoms with Gasteiger partial charge in [-0.3, -0.25) is 13.9 Å². The summed E-state index contributed by atoms with van der Waals surface area (Å²) in [7, 11) is 0. The summed E-state index contributed by atoms with van der Waals surface area (Å²) < 4.78 is 7.43. The Bertz CT molecular complexity index is 1130. The fourth-order valence-electron chi connectivity index (χ4n) is 2.69. The monoisotopic (exact) mass is 434 g/mol. The van der Waals surface area contributed by atoms with E-state index in [1.807, 2.05) is 12.1 Å². The lowest BCUT2D eigenvalue weighted by atomic mass is 10.1. The van der Waals surface area contributed by atoms with Gasteiger partial charge in [-0.2, -0.15) is 17.6 Å². The number of rotatable bonds is 7. The van der Waals surface area contributed by atoms with Gasteiger partial charge in [-0.1, -0.05) is 35.0 Å². The number of hydrogen-bond donors (Lipinski definition) is 2. The number of benzene rings is 1. The van der Waals surface area contributed by atoms with Crippen LogP contribution in [0, 0.1) is 6.92 Å². The van der Waals surface area contributed by atoms with Crippen molar-refractivity contribution in [1.29, 1.82) is 0 Å². The summed E-state index contributed by atoms with van der Waals surface area (Å²) in [5, 5.41) is 13.4. The van der Waals surface area contributed by atoms with Gasteiger partial charge < -0.3 is 9.63 Å². The average Bonchev–Trinajstić information content (AvgIpc) is 3.16. The van der Waals surface area contributed by atoms with Crippen LogP contribution < -0.4 is 11.2 Å². The van der Waals surface area contributed by atoms with E-state index < -0.39 is 11.2 Å². The van der Waals surface area contributed by atoms with Gasteiger partial charge in [0.25, 0.3) is 5.56 Å². The van der Waals surface area contributed by atoms with Gasteiger partial charge in [0.05, 0.1) is 13.2 Å². The normalized spacial score (nSPS) is 12.6. The molecule has 0 radical (unpaired) electrons. The Labute approximate surface area is 176 Å². The van der Waals surface area contributed by atoms with Crippen molar-refractivity contribution >= 4 is 30.3 Å². The van der Waals surface area contributed by atoms with Crippen LogP contribution in [0.3, 0.4) is 0 Å². The molecular weight excluding hydrogens is 416 g/mol. The molecule has 10 heteroatoms. The summed E-state index contributed by atoms with van der Waals surface area (Å²) >= 11 is 10.4. The molecule has 3 rings (SSSR count). The Kier molecular flexibility index (Phi) is 6.73. The lowest BCUT2D eigenvalue weighted by molar-refractivity contribution is 0.271. The third kappa shape index (κ3) is 5.06. The molecule has 0 fully saturated rings. The topological polar surface area (TPSA) is 103 Å². The third-order valence-electron chi connectivity index (χ3n) is 4.17. The molecular formula is C19H19ClN4O4S. The van der Waals surface area contributed by atoms with Gasteiger partial charge in [0, 0.05) is 22.0 Å². The van der Waals surface area contributed by atoms with E-state index in [0.717, 1.165) is 10.1 Å². The number of nitrogens with zero attached hydrogens (tertiary/aromatic N) is 4. The molecule has 2 heterocycles. The minimum atomic E-state index is -0.553. The van der Waals surface area contributed by atoms with Gasteiger partial charge in [0.2, 0.25) is 5.89 Å². The molecule has 0 saturated heterocycles. The quantitative estimate of drug-likeness (QED) is 0.552. The predicted octanol–water partition coefficient (Wildman–Crippen LogP) is 2.08. The fourth-order valence-corrected chi connectivity index (χ4v) is 3.07. The molecule has 0 saturated carbocycles. The summed E-state index contributed by atoms with van der Waals surface area (Å²) in [6.07, 6.45) is 4.85. The molecule has 2 aromatic heterocycles. The van der Waals surface area contributed by atoms with Gasteiger partial charge in [-0.15, -0.1) is 0 Å². The van der Waals surface area contributed by atoms with Gasteiger partial charge in [-0.25, -0.2) is 4.79 Å². The van der Waals surface area contributed by atoms with E-state index in [0.29, 0.717) is 16.4 Å². The van der Waals surface area contributed by atoms with Crippen LogP contribution in [-0.4, -0.2) is 31.0 Å². The molecule has 1 N–H and O–H groups in total. The number of halogens is 1. The van der Waals surface area contributed by atoms with Crippen LogP contribution >= 0.6 is 24.2 Å². The van der Waals surface area contributed by atoms with E-state index >= 15 is 0 Å². The third-order valence-corrected chi connectivity index (χ3v) is 4.89. The summed E-state index contributed by atoms with van der Waals surface area (Å²) in [6.45, 7) is 1.31. The van der Waals surface area contributed by atoms with E-state index in [1.165, 1.54) is 10.8 Å². The number of aliphatic hydroxyl groups excluding tert-OH is 1. The first-order chi connectivity index (χ1) is 13.9. The Morgan fingerprint density at radius 3 is 2.72 bits per heavy atom. The van der Waals surface area contributed by atoms with E-state index in [9.17, 15) is 9.59 Å². The van der Waals surface area contributed by atoms with Crippen LogP contribution in [0.2, 0.25) is 5.02 Å². The zero-order chi connectivity index (χ0) is 21.0. The molecule has 1 atom stereocenters. The molecule has 3 aromatic rings. The molecule has 0 aliphatic carbocycles. The van der Waals surface area contributed by atoms with E-state index in [2.05, 4.69) is 22.8 Å². The van der Waals surface area contributed by atoms with E-state index in [1.54, 1.807) is 31.2 Å². The maximum Gasteiger partial charge on any atom is 0.331 e. The van der Waals surface area contributed by atoms with E-state index in [4.69, 9.17) is 21.2 Å². The highest BCUT2D eigenvalue weighted by molar-refractivity contribution is 7.80. The number of hydrogen-bond acceptors (Lipinski definition) is 7. The fraction of sp³-hybridized carbons (Fsp3) is 0.263. The number of aryl methyl sites for hydroxylation is 1. The first-order valence-electron chi connectivity index (χ1n) is 8.75. The lowest BCUT2D eigenvalue weighted by Gasteiger charge is -2.08. The van der Waals surface area contributed by atoms with Crippen LogP contribution in [0.1, 0.15) is 28.1 Å².